The molecule has 1 saturated heterocycles. The van der Waals surface area contributed by atoms with Gasteiger partial charge in [0.25, 0.3) is 0 Å². The molecule has 6 nitrogen and oxygen atoms in total. The lowest BCUT2D eigenvalue weighted by atomic mass is 10.0. The van der Waals surface area contributed by atoms with Gasteiger partial charge in [-0.05, 0) is 44.1 Å². The maximum atomic E-state index is 13.4. The Bertz CT molecular complexity index is 726. The monoisotopic (exact) mass is 383 g/mol. The number of hydrogen-bond acceptors (Lipinski definition) is 3. The van der Waals surface area contributed by atoms with Gasteiger partial charge >= 0.3 is 0 Å². The fourth-order valence-corrected chi connectivity index (χ4v) is 4.38. The molecule has 1 aliphatic heterocycles. The van der Waals surface area contributed by atoms with Crippen LogP contribution in [-0.4, -0.2) is 41.2 Å². The zero-order valence-corrected chi connectivity index (χ0v) is 16.2. The summed E-state index contributed by atoms with van der Waals surface area (Å²) in [4.78, 5) is 40.3. The van der Waals surface area contributed by atoms with Gasteiger partial charge in [-0.15, -0.1) is 0 Å². The SMILES string of the molecule is O=C(N[C@H](C(=O)N1CCC[C@H]1C(=O)NC1CCCC1)c1ccccc1)C1CC1. The molecule has 0 unspecified atom stereocenters. The molecule has 28 heavy (non-hydrogen) atoms. The van der Waals surface area contributed by atoms with E-state index in [1.807, 2.05) is 30.3 Å². The second-order valence-corrected chi connectivity index (χ2v) is 8.31. The predicted molar refractivity (Wildman–Crippen MR) is 105 cm³/mol. The van der Waals surface area contributed by atoms with E-state index < -0.39 is 12.1 Å². The summed E-state index contributed by atoms with van der Waals surface area (Å²) in [6.07, 6.45) is 7.63. The number of rotatable bonds is 6. The van der Waals surface area contributed by atoms with Crippen LogP contribution in [0.2, 0.25) is 0 Å². The van der Waals surface area contributed by atoms with E-state index in [9.17, 15) is 14.4 Å². The van der Waals surface area contributed by atoms with Crippen molar-refractivity contribution in [3.8, 4) is 0 Å². The lowest BCUT2D eigenvalue weighted by Crippen LogP contribution is -2.51. The van der Waals surface area contributed by atoms with E-state index in [2.05, 4.69) is 10.6 Å². The van der Waals surface area contributed by atoms with Crippen LogP contribution in [0.25, 0.3) is 0 Å². The number of carbonyl (C=O) groups is 3. The van der Waals surface area contributed by atoms with E-state index >= 15 is 0 Å². The molecule has 0 aromatic heterocycles. The number of nitrogens with one attached hydrogen (secondary N) is 2. The van der Waals surface area contributed by atoms with Gasteiger partial charge < -0.3 is 15.5 Å². The molecular formula is C22H29N3O3. The van der Waals surface area contributed by atoms with Crippen molar-refractivity contribution in [2.24, 2.45) is 5.92 Å². The highest BCUT2D eigenvalue weighted by atomic mass is 16.2. The lowest BCUT2D eigenvalue weighted by molar-refractivity contribution is -0.142. The van der Waals surface area contributed by atoms with Crippen LogP contribution in [0.4, 0.5) is 0 Å². The molecule has 0 bridgehead atoms. The molecule has 1 heterocycles. The fraction of sp³-hybridized carbons (Fsp3) is 0.591. The van der Waals surface area contributed by atoms with Crippen molar-refractivity contribution in [3.63, 3.8) is 0 Å². The average Bonchev–Trinajstić information content (AvgIpc) is 3.22. The summed E-state index contributed by atoms with van der Waals surface area (Å²) in [7, 11) is 0. The van der Waals surface area contributed by atoms with Gasteiger partial charge in [0.1, 0.15) is 12.1 Å². The molecule has 0 radical (unpaired) electrons. The van der Waals surface area contributed by atoms with Crippen molar-refractivity contribution < 1.29 is 14.4 Å². The van der Waals surface area contributed by atoms with Gasteiger partial charge in [0, 0.05) is 18.5 Å². The van der Waals surface area contributed by atoms with Crippen LogP contribution in [0.1, 0.15) is 63.0 Å². The summed E-state index contributed by atoms with van der Waals surface area (Å²) >= 11 is 0. The van der Waals surface area contributed by atoms with Gasteiger partial charge in [0.15, 0.2) is 0 Å². The van der Waals surface area contributed by atoms with E-state index in [1.54, 1.807) is 4.90 Å². The number of carbonyl (C=O) groups excluding carboxylic acids is 3. The Morgan fingerprint density at radius 1 is 0.893 bits per heavy atom. The van der Waals surface area contributed by atoms with Crippen molar-refractivity contribution in [2.75, 3.05) is 6.54 Å². The smallest absolute Gasteiger partial charge is 0.250 e. The maximum Gasteiger partial charge on any atom is 0.250 e. The Hall–Kier alpha value is -2.37. The van der Waals surface area contributed by atoms with Crippen molar-refractivity contribution in [1.29, 1.82) is 0 Å². The van der Waals surface area contributed by atoms with Gasteiger partial charge in [-0.25, -0.2) is 0 Å². The number of hydrogen-bond donors (Lipinski definition) is 2. The van der Waals surface area contributed by atoms with E-state index in [4.69, 9.17) is 0 Å². The molecule has 6 heteroatoms. The summed E-state index contributed by atoms with van der Waals surface area (Å²) in [6, 6.07) is 8.43. The van der Waals surface area contributed by atoms with Crippen molar-refractivity contribution >= 4 is 17.7 Å². The van der Waals surface area contributed by atoms with E-state index in [0.29, 0.717) is 13.0 Å². The third-order valence-electron chi connectivity index (χ3n) is 6.15. The summed E-state index contributed by atoms with van der Waals surface area (Å²) in [5.74, 6) is -0.255. The number of amides is 3. The van der Waals surface area contributed by atoms with Crippen LogP contribution in [0, 0.1) is 5.92 Å². The highest BCUT2D eigenvalue weighted by molar-refractivity contribution is 5.94. The molecule has 2 aliphatic carbocycles. The largest absolute Gasteiger partial charge is 0.352 e. The van der Waals surface area contributed by atoms with E-state index in [-0.39, 0.29) is 29.7 Å². The van der Waals surface area contributed by atoms with Crippen molar-refractivity contribution in [1.82, 2.24) is 15.5 Å². The summed E-state index contributed by atoms with van der Waals surface area (Å²) in [5.41, 5.74) is 0.767. The van der Waals surface area contributed by atoms with E-state index in [1.165, 1.54) is 0 Å². The first-order chi connectivity index (χ1) is 13.6. The topological polar surface area (TPSA) is 78.5 Å². The maximum absolute atomic E-state index is 13.4. The number of likely N-dealkylation sites (tertiary alicyclic amines) is 1. The Balaban J connectivity index is 1.49. The second-order valence-electron chi connectivity index (χ2n) is 8.31. The molecule has 4 rings (SSSR count). The van der Waals surface area contributed by atoms with Gasteiger partial charge in [-0.1, -0.05) is 43.2 Å². The summed E-state index contributed by atoms with van der Waals surface area (Å²) < 4.78 is 0. The normalized spacial score (nSPS) is 23.4. The van der Waals surface area contributed by atoms with Gasteiger partial charge in [-0.2, -0.15) is 0 Å². The molecule has 2 saturated carbocycles. The van der Waals surface area contributed by atoms with Gasteiger partial charge in [-0.3, -0.25) is 14.4 Å². The third-order valence-corrected chi connectivity index (χ3v) is 6.15. The van der Waals surface area contributed by atoms with Crippen LogP contribution in [0.5, 0.6) is 0 Å². The number of benzene rings is 1. The zero-order valence-electron chi connectivity index (χ0n) is 16.2. The first kappa shape index (κ1) is 19.0. The van der Waals surface area contributed by atoms with Crippen LogP contribution in [-0.2, 0) is 14.4 Å². The zero-order chi connectivity index (χ0) is 19.5. The molecule has 1 aromatic carbocycles. The van der Waals surface area contributed by atoms with Crippen molar-refractivity contribution in [3.05, 3.63) is 35.9 Å². The van der Waals surface area contributed by atoms with Crippen LogP contribution >= 0.6 is 0 Å². The lowest BCUT2D eigenvalue weighted by Gasteiger charge is -2.29. The second kappa shape index (κ2) is 8.33. The standard InChI is InChI=1S/C22H29N3O3/c26-20(16-12-13-16)24-19(15-7-2-1-3-8-15)22(28)25-14-6-11-18(25)21(27)23-17-9-4-5-10-17/h1-3,7-8,16-19H,4-6,9-14H2,(H,23,27)(H,24,26)/t18-,19-/m0/s1. The van der Waals surface area contributed by atoms with Crippen LogP contribution < -0.4 is 10.6 Å². The predicted octanol–water partition coefficient (Wildman–Crippen LogP) is 2.30. The molecule has 3 fully saturated rings. The van der Waals surface area contributed by atoms with E-state index in [0.717, 1.165) is 50.5 Å². The molecule has 3 aliphatic rings. The Morgan fingerprint density at radius 2 is 1.61 bits per heavy atom. The first-order valence-corrected chi connectivity index (χ1v) is 10.6. The Kier molecular flexibility index (Phi) is 5.64. The molecule has 1 aromatic rings. The van der Waals surface area contributed by atoms with Crippen LogP contribution in [0.3, 0.4) is 0 Å². The Labute approximate surface area is 166 Å². The molecule has 2 atom stereocenters. The Morgan fingerprint density at radius 3 is 2.29 bits per heavy atom. The highest BCUT2D eigenvalue weighted by Crippen LogP contribution is 2.31. The quantitative estimate of drug-likeness (QED) is 0.791. The minimum Gasteiger partial charge on any atom is -0.352 e. The molecule has 3 amide bonds. The fourth-order valence-electron chi connectivity index (χ4n) is 4.38. The summed E-state index contributed by atoms with van der Waals surface area (Å²) in [6.45, 7) is 0.560. The molecule has 0 spiro atoms. The summed E-state index contributed by atoms with van der Waals surface area (Å²) in [5, 5.41) is 6.08. The minimum atomic E-state index is -0.728. The third kappa shape index (κ3) is 4.21. The highest BCUT2D eigenvalue weighted by Gasteiger charge is 2.40. The first-order valence-electron chi connectivity index (χ1n) is 10.6. The van der Waals surface area contributed by atoms with Gasteiger partial charge in [0.2, 0.25) is 17.7 Å². The van der Waals surface area contributed by atoms with Crippen molar-refractivity contribution in [2.45, 2.75) is 69.5 Å². The van der Waals surface area contributed by atoms with Crippen LogP contribution in [0.15, 0.2) is 30.3 Å². The average molecular weight is 383 g/mol. The molecular weight excluding hydrogens is 354 g/mol. The molecule has 2 N–H and O–H groups in total. The molecule has 150 valence electrons. The minimum absolute atomic E-state index is 0.0269. The number of nitrogens with zero attached hydrogens (tertiary/aromatic N) is 1. The van der Waals surface area contributed by atoms with Gasteiger partial charge in [0.05, 0.1) is 0 Å².